The highest BCUT2D eigenvalue weighted by molar-refractivity contribution is 5.93. The zero-order valence-electron chi connectivity index (χ0n) is 15.6. The molecule has 0 aromatic heterocycles. The molecule has 2 atom stereocenters. The Hall–Kier alpha value is -1.84. The Bertz CT molecular complexity index is 562. The molecule has 0 radical (unpaired) electrons. The van der Waals surface area contributed by atoms with Gasteiger partial charge in [-0.2, -0.15) is 13.2 Å². The summed E-state index contributed by atoms with van der Waals surface area (Å²) < 4.78 is 43.5. The first-order chi connectivity index (χ1) is 12.6. The van der Waals surface area contributed by atoms with Gasteiger partial charge < -0.3 is 19.9 Å². The molecule has 1 unspecified atom stereocenters. The molecule has 154 valence electrons. The van der Waals surface area contributed by atoms with Crippen LogP contribution in [0.25, 0.3) is 0 Å². The van der Waals surface area contributed by atoms with E-state index in [1.54, 1.807) is 4.90 Å². The lowest BCUT2D eigenvalue weighted by Gasteiger charge is -2.32. The molecular formula is C17H26F3N3O4. The van der Waals surface area contributed by atoms with Gasteiger partial charge in [-0.15, -0.1) is 0 Å². The van der Waals surface area contributed by atoms with E-state index in [2.05, 4.69) is 5.32 Å². The molecular weight excluding hydrogens is 367 g/mol. The van der Waals surface area contributed by atoms with Crippen LogP contribution >= 0.6 is 0 Å². The lowest BCUT2D eigenvalue weighted by molar-refractivity contribution is -0.186. The molecule has 2 saturated heterocycles. The Morgan fingerprint density at radius 2 is 1.78 bits per heavy atom. The summed E-state index contributed by atoms with van der Waals surface area (Å²) in [6.07, 6.45) is -4.20. The van der Waals surface area contributed by atoms with Crippen LogP contribution in [0.1, 0.15) is 33.1 Å². The van der Waals surface area contributed by atoms with Crippen molar-refractivity contribution in [3.63, 3.8) is 0 Å². The zero-order valence-corrected chi connectivity index (χ0v) is 15.6. The van der Waals surface area contributed by atoms with Gasteiger partial charge in [0.2, 0.25) is 11.8 Å². The molecule has 0 saturated carbocycles. The molecule has 10 heteroatoms. The first-order valence-electron chi connectivity index (χ1n) is 9.16. The van der Waals surface area contributed by atoms with Gasteiger partial charge in [0.15, 0.2) is 0 Å². The van der Waals surface area contributed by atoms with Crippen LogP contribution in [0.4, 0.5) is 13.2 Å². The van der Waals surface area contributed by atoms with E-state index in [1.165, 1.54) is 0 Å². The Labute approximate surface area is 156 Å². The molecule has 2 fully saturated rings. The fourth-order valence-electron chi connectivity index (χ4n) is 3.41. The molecule has 7 nitrogen and oxygen atoms in total. The number of likely N-dealkylation sites (tertiary alicyclic amines) is 1. The molecule has 0 bridgehead atoms. The van der Waals surface area contributed by atoms with E-state index in [4.69, 9.17) is 4.74 Å². The lowest BCUT2D eigenvalue weighted by atomic mass is 10.0. The Kier molecular flexibility index (Phi) is 7.07. The van der Waals surface area contributed by atoms with Crippen molar-refractivity contribution in [2.75, 3.05) is 32.8 Å². The van der Waals surface area contributed by atoms with E-state index >= 15 is 0 Å². The van der Waals surface area contributed by atoms with E-state index in [0.29, 0.717) is 44.0 Å². The van der Waals surface area contributed by atoms with Gasteiger partial charge in [0.1, 0.15) is 12.1 Å². The number of nitrogens with one attached hydrogen (secondary N) is 1. The van der Waals surface area contributed by atoms with Gasteiger partial charge >= 0.3 is 12.1 Å². The topological polar surface area (TPSA) is 79.0 Å². The van der Waals surface area contributed by atoms with Gasteiger partial charge in [-0.05, 0) is 25.2 Å². The predicted octanol–water partition coefficient (Wildman–Crippen LogP) is 0.929. The quantitative estimate of drug-likeness (QED) is 0.754. The molecule has 2 heterocycles. The monoisotopic (exact) mass is 393 g/mol. The van der Waals surface area contributed by atoms with E-state index in [0.717, 1.165) is 0 Å². The summed E-state index contributed by atoms with van der Waals surface area (Å²) in [6, 6.07) is -2.04. The van der Waals surface area contributed by atoms with Crippen LogP contribution in [0.15, 0.2) is 0 Å². The fourth-order valence-corrected chi connectivity index (χ4v) is 3.41. The maximum absolute atomic E-state index is 12.8. The third-order valence-electron chi connectivity index (χ3n) is 4.70. The van der Waals surface area contributed by atoms with Crippen molar-refractivity contribution < 1.29 is 32.3 Å². The number of carbonyl (C=O) groups excluding carboxylic acids is 3. The maximum atomic E-state index is 12.8. The molecule has 3 amide bonds. The first-order valence-corrected chi connectivity index (χ1v) is 9.16. The van der Waals surface area contributed by atoms with Gasteiger partial charge in [-0.1, -0.05) is 13.8 Å². The molecule has 1 N–H and O–H groups in total. The van der Waals surface area contributed by atoms with Crippen molar-refractivity contribution in [2.45, 2.75) is 51.4 Å². The van der Waals surface area contributed by atoms with E-state index in [9.17, 15) is 27.6 Å². The Morgan fingerprint density at radius 1 is 1.15 bits per heavy atom. The van der Waals surface area contributed by atoms with Crippen molar-refractivity contribution in [3.05, 3.63) is 0 Å². The molecule has 0 spiro atoms. The normalized spacial score (nSPS) is 22.1. The number of ether oxygens (including phenoxy) is 1. The van der Waals surface area contributed by atoms with Crippen LogP contribution in [0.2, 0.25) is 0 Å². The second-order valence-corrected chi connectivity index (χ2v) is 7.28. The number of amides is 3. The summed E-state index contributed by atoms with van der Waals surface area (Å²) in [7, 11) is 0. The van der Waals surface area contributed by atoms with Crippen molar-refractivity contribution in [3.8, 4) is 0 Å². The second kappa shape index (κ2) is 8.90. The van der Waals surface area contributed by atoms with Gasteiger partial charge in [0, 0.05) is 19.6 Å². The summed E-state index contributed by atoms with van der Waals surface area (Å²) in [4.78, 5) is 39.1. The van der Waals surface area contributed by atoms with Crippen LogP contribution < -0.4 is 5.32 Å². The van der Waals surface area contributed by atoms with Gasteiger partial charge in [-0.3, -0.25) is 14.4 Å². The van der Waals surface area contributed by atoms with E-state index in [-0.39, 0.29) is 24.8 Å². The number of halogens is 3. The minimum absolute atomic E-state index is 0.0942. The number of hydrogen-bond acceptors (Lipinski definition) is 4. The molecule has 2 aliphatic heterocycles. The van der Waals surface area contributed by atoms with Crippen molar-refractivity contribution >= 4 is 17.7 Å². The number of morpholine rings is 1. The molecule has 0 aliphatic carbocycles. The van der Waals surface area contributed by atoms with Crippen LogP contribution in [-0.4, -0.2) is 78.6 Å². The number of hydrogen-bond donors (Lipinski definition) is 1. The Morgan fingerprint density at radius 3 is 2.33 bits per heavy atom. The second-order valence-electron chi connectivity index (χ2n) is 7.28. The average molecular weight is 393 g/mol. The number of carbonyl (C=O) groups is 3. The van der Waals surface area contributed by atoms with Gasteiger partial charge in [0.25, 0.3) is 0 Å². The maximum Gasteiger partial charge on any atom is 0.471 e. The van der Waals surface area contributed by atoms with Crippen molar-refractivity contribution in [1.29, 1.82) is 0 Å². The molecule has 0 aromatic rings. The summed E-state index contributed by atoms with van der Waals surface area (Å²) in [5.41, 5.74) is 0. The van der Waals surface area contributed by atoms with E-state index in [1.807, 2.05) is 13.8 Å². The highest BCUT2D eigenvalue weighted by Gasteiger charge is 2.48. The molecule has 27 heavy (non-hydrogen) atoms. The smallest absolute Gasteiger partial charge is 0.378 e. The van der Waals surface area contributed by atoms with Crippen LogP contribution in [0.5, 0.6) is 0 Å². The largest absolute Gasteiger partial charge is 0.471 e. The summed E-state index contributed by atoms with van der Waals surface area (Å²) in [6.45, 7) is 5.29. The predicted molar refractivity (Wildman–Crippen MR) is 89.6 cm³/mol. The third kappa shape index (κ3) is 5.57. The highest BCUT2D eigenvalue weighted by atomic mass is 19.4. The number of rotatable bonds is 5. The molecule has 2 aliphatic rings. The van der Waals surface area contributed by atoms with Crippen molar-refractivity contribution in [2.24, 2.45) is 5.92 Å². The first kappa shape index (κ1) is 21.5. The van der Waals surface area contributed by atoms with E-state index < -0.39 is 30.1 Å². The number of alkyl halides is 3. The van der Waals surface area contributed by atoms with Gasteiger partial charge in [0.05, 0.1) is 13.2 Å². The number of nitrogens with zero attached hydrogens (tertiary/aromatic N) is 2. The van der Waals surface area contributed by atoms with Gasteiger partial charge in [-0.25, -0.2) is 0 Å². The lowest BCUT2D eigenvalue weighted by Crippen LogP contribution is -2.56. The zero-order chi connectivity index (χ0) is 20.2. The minimum Gasteiger partial charge on any atom is -0.378 e. The van der Waals surface area contributed by atoms with Crippen molar-refractivity contribution in [1.82, 2.24) is 15.1 Å². The SMILES string of the molecule is CC(C)C[C@H](NC(=O)C1CCCN1C(=O)C(F)(F)F)C(=O)N1CCOCC1. The van der Waals surface area contributed by atoms with Crippen LogP contribution in [0, 0.1) is 5.92 Å². The van der Waals surface area contributed by atoms with Crippen LogP contribution in [0.3, 0.4) is 0 Å². The summed E-state index contributed by atoms with van der Waals surface area (Å²) in [5.74, 6) is -2.90. The molecule has 2 rings (SSSR count). The highest BCUT2D eigenvalue weighted by Crippen LogP contribution is 2.26. The Balaban J connectivity index is 2.08. The third-order valence-corrected chi connectivity index (χ3v) is 4.70. The average Bonchev–Trinajstić information content (AvgIpc) is 3.09. The molecule has 0 aromatic carbocycles. The summed E-state index contributed by atoms with van der Waals surface area (Å²) >= 11 is 0. The fraction of sp³-hybridized carbons (Fsp3) is 0.824. The summed E-state index contributed by atoms with van der Waals surface area (Å²) in [5, 5.41) is 2.59. The minimum atomic E-state index is -5.02. The standard InChI is InChI=1S/C17H26F3N3O4/c1-11(2)10-12(15(25)22-6-8-27-9-7-22)21-14(24)13-4-3-5-23(13)16(26)17(18,19)20/h11-13H,3-10H2,1-2H3,(H,21,24)/t12-,13?/m0/s1. The van der Waals surface area contributed by atoms with Crippen LogP contribution in [-0.2, 0) is 19.1 Å².